The number of aromatic nitrogens is 1. The molecule has 29 heavy (non-hydrogen) atoms. The fourth-order valence-electron chi connectivity index (χ4n) is 3.00. The fraction of sp³-hybridized carbons (Fsp3) is 0.696. The maximum Gasteiger partial charge on any atom is 0.337 e. The van der Waals surface area contributed by atoms with Gasteiger partial charge < -0.3 is 19.5 Å². The number of carboxylic acid groups (broad SMARTS) is 2. The number of quaternary nitrogens is 1. The van der Waals surface area contributed by atoms with E-state index in [2.05, 4.69) is 11.9 Å². The van der Waals surface area contributed by atoms with E-state index in [0.29, 0.717) is 10.0 Å². The van der Waals surface area contributed by atoms with Crippen molar-refractivity contribution < 1.29 is 24.3 Å². The summed E-state index contributed by atoms with van der Waals surface area (Å²) in [6.07, 6.45) is 15.4. The average molecular weight is 409 g/mol. The number of unbranched alkanes of at least 4 members (excludes halogenated alkanes) is 9. The molecule has 0 saturated heterocycles. The fourth-order valence-corrected chi connectivity index (χ4v) is 3.00. The molecule has 0 aliphatic carbocycles. The zero-order chi connectivity index (χ0) is 22.1. The Balaban J connectivity index is 0.000000828. The number of hydrogen-bond acceptors (Lipinski definition) is 4. The molecule has 0 aliphatic rings. The summed E-state index contributed by atoms with van der Waals surface area (Å²) in [4.78, 5) is 25.1. The molecule has 0 amide bonds. The number of pyridine rings is 1. The van der Waals surface area contributed by atoms with Gasteiger partial charge in [0.25, 0.3) is 0 Å². The van der Waals surface area contributed by atoms with Gasteiger partial charge in [-0.2, -0.15) is 0 Å². The van der Waals surface area contributed by atoms with E-state index >= 15 is 0 Å². The Bertz CT molecular complexity index is 582. The van der Waals surface area contributed by atoms with Gasteiger partial charge in [-0.15, -0.1) is 0 Å². The summed E-state index contributed by atoms with van der Waals surface area (Å²) in [5.41, 5.74) is 1.08. The third-order valence-corrected chi connectivity index (χ3v) is 4.49. The Labute approximate surface area is 176 Å². The first-order valence-corrected chi connectivity index (χ1v) is 10.8. The number of aliphatic carboxylic acids is 1. The lowest BCUT2D eigenvalue weighted by Gasteiger charge is -2.23. The van der Waals surface area contributed by atoms with Crippen molar-refractivity contribution in [3.8, 4) is 0 Å². The second-order valence-electron chi connectivity index (χ2n) is 8.56. The highest BCUT2D eigenvalue weighted by Crippen LogP contribution is 2.13. The minimum absolute atomic E-state index is 0.0694. The van der Waals surface area contributed by atoms with Crippen LogP contribution in [-0.4, -0.2) is 54.2 Å². The van der Waals surface area contributed by atoms with Crippen molar-refractivity contribution in [2.24, 2.45) is 0 Å². The monoisotopic (exact) mass is 408 g/mol. The molecule has 1 heterocycles. The van der Waals surface area contributed by atoms with E-state index in [1.165, 1.54) is 57.8 Å². The van der Waals surface area contributed by atoms with Crippen LogP contribution < -0.4 is 5.11 Å². The van der Waals surface area contributed by atoms with Gasteiger partial charge in [-0.05, 0) is 25.0 Å². The highest BCUT2D eigenvalue weighted by molar-refractivity contribution is 5.88. The van der Waals surface area contributed by atoms with E-state index in [-0.39, 0.29) is 6.54 Å². The van der Waals surface area contributed by atoms with Crippen LogP contribution in [0.1, 0.15) is 87.2 Å². The predicted octanol–water partition coefficient (Wildman–Crippen LogP) is 3.69. The summed E-state index contributed by atoms with van der Waals surface area (Å²) < 4.78 is 0.419. The molecule has 0 aliphatic heterocycles. The standard InChI is InChI=1S/C18H29NO2.C5H11NO2/c1-2-3-4-5-6-7-8-9-10-11-14-17-16(18(20)21)13-12-15-19-17;1-6(2,3)4-5(7)8/h12-13,15H,2-11,14H2,1H3,(H,20,21);4H2,1-3H3. The van der Waals surface area contributed by atoms with Crippen LogP contribution in [0.15, 0.2) is 18.3 Å². The minimum Gasteiger partial charge on any atom is -0.544 e. The number of likely N-dealkylation sites (N-methyl/N-ethyl adjacent to an activating group) is 1. The quantitative estimate of drug-likeness (QED) is 0.374. The molecule has 0 bridgehead atoms. The number of nitrogens with zero attached hydrogens (tertiary/aromatic N) is 2. The first-order chi connectivity index (χ1) is 13.7. The topological polar surface area (TPSA) is 90.3 Å². The predicted molar refractivity (Wildman–Crippen MR) is 115 cm³/mol. The van der Waals surface area contributed by atoms with Crippen molar-refractivity contribution in [3.05, 3.63) is 29.6 Å². The molecule has 1 aromatic heterocycles. The highest BCUT2D eigenvalue weighted by Gasteiger charge is 2.09. The third kappa shape index (κ3) is 16.7. The van der Waals surface area contributed by atoms with Crippen molar-refractivity contribution >= 4 is 11.9 Å². The Morgan fingerprint density at radius 2 is 1.48 bits per heavy atom. The molecule has 1 rings (SSSR count). The van der Waals surface area contributed by atoms with Crippen molar-refractivity contribution in [2.45, 2.75) is 77.6 Å². The van der Waals surface area contributed by atoms with Crippen LogP contribution >= 0.6 is 0 Å². The Morgan fingerprint density at radius 1 is 0.966 bits per heavy atom. The lowest BCUT2D eigenvalue weighted by Crippen LogP contribution is -2.45. The summed E-state index contributed by atoms with van der Waals surface area (Å²) >= 11 is 0. The molecule has 6 nitrogen and oxygen atoms in total. The lowest BCUT2D eigenvalue weighted by molar-refractivity contribution is -0.864. The molecule has 0 aromatic carbocycles. The molecule has 6 heteroatoms. The first-order valence-electron chi connectivity index (χ1n) is 10.8. The van der Waals surface area contributed by atoms with E-state index in [9.17, 15) is 14.7 Å². The van der Waals surface area contributed by atoms with Crippen molar-refractivity contribution in [1.82, 2.24) is 4.98 Å². The van der Waals surface area contributed by atoms with E-state index < -0.39 is 11.9 Å². The minimum atomic E-state index is -1.00. The van der Waals surface area contributed by atoms with Crippen molar-refractivity contribution in [1.29, 1.82) is 0 Å². The van der Waals surface area contributed by atoms with Gasteiger partial charge in [0.2, 0.25) is 0 Å². The van der Waals surface area contributed by atoms with Crippen LogP contribution in [-0.2, 0) is 11.2 Å². The Hall–Kier alpha value is -1.95. The molecule has 1 N–H and O–H groups in total. The molecular formula is C23H40N2O4. The van der Waals surface area contributed by atoms with Crippen LogP contribution in [0.5, 0.6) is 0 Å². The molecule has 0 radical (unpaired) electrons. The van der Waals surface area contributed by atoms with Gasteiger partial charge in [0.1, 0.15) is 6.54 Å². The van der Waals surface area contributed by atoms with Crippen LogP contribution in [0.3, 0.4) is 0 Å². The summed E-state index contributed by atoms with van der Waals surface area (Å²) in [7, 11) is 5.40. The maximum atomic E-state index is 11.1. The lowest BCUT2D eigenvalue weighted by atomic mass is 10.0. The normalized spacial score (nSPS) is 10.9. The largest absolute Gasteiger partial charge is 0.544 e. The summed E-state index contributed by atoms with van der Waals surface area (Å²) in [6.45, 7) is 2.32. The van der Waals surface area contributed by atoms with Gasteiger partial charge in [-0.25, -0.2) is 4.79 Å². The molecule has 166 valence electrons. The zero-order valence-corrected chi connectivity index (χ0v) is 18.8. The molecule has 0 atom stereocenters. The number of aromatic carboxylic acids is 1. The Morgan fingerprint density at radius 3 is 1.90 bits per heavy atom. The van der Waals surface area contributed by atoms with Gasteiger partial charge in [0.05, 0.1) is 38.4 Å². The molecule has 0 fully saturated rings. The number of carboxylic acids is 2. The Kier molecular flexibility index (Phi) is 14.8. The van der Waals surface area contributed by atoms with Crippen molar-refractivity contribution in [2.75, 3.05) is 27.7 Å². The summed E-state index contributed by atoms with van der Waals surface area (Å²) in [6, 6.07) is 3.33. The van der Waals surface area contributed by atoms with Crippen LogP contribution in [0, 0.1) is 0 Å². The molecule has 0 spiro atoms. The summed E-state index contributed by atoms with van der Waals surface area (Å²) in [5.74, 6) is -1.87. The van der Waals surface area contributed by atoms with Crippen LogP contribution in [0.4, 0.5) is 0 Å². The molecule has 0 saturated carbocycles. The van der Waals surface area contributed by atoms with Crippen LogP contribution in [0.25, 0.3) is 0 Å². The third-order valence-electron chi connectivity index (χ3n) is 4.49. The van der Waals surface area contributed by atoms with Gasteiger partial charge in [0.15, 0.2) is 0 Å². The van der Waals surface area contributed by atoms with Gasteiger partial charge in [-0.1, -0.05) is 64.7 Å². The van der Waals surface area contributed by atoms with Gasteiger partial charge in [0, 0.05) is 6.20 Å². The van der Waals surface area contributed by atoms with E-state index in [1.54, 1.807) is 39.5 Å². The summed E-state index contributed by atoms with van der Waals surface area (Å²) in [5, 5.41) is 19.0. The molecular weight excluding hydrogens is 368 g/mol. The number of carbonyl (C=O) groups is 2. The number of rotatable bonds is 14. The van der Waals surface area contributed by atoms with Crippen molar-refractivity contribution in [3.63, 3.8) is 0 Å². The highest BCUT2D eigenvalue weighted by atomic mass is 16.4. The second-order valence-corrected chi connectivity index (χ2v) is 8.56. The second kappa shape index (κ2) is 15.9. The van der Waals surface area contributed by atoms with E-state index in [1.807, 2.05) is 0 Å². The average Bonchev–Trinajstić information content (AvgIpc) is 2.62. The smallest absolute Gasteiger partial charge is 0.337 e. The molecule has 0 unspecified atom stereocenters. The van der Waals surface area contributed by atoms with E-state index in [4.69, 9.17) is 5.11 Å². The number of hydrogen-bond donors (Lipinski definition) is 1. The van der Waals surface area contributed by atoms with Crippen LogP contribution in [0.2, 0.25) is 0 Å². The number of aryl methyl sites for hydroxylation is 1. The van der Waals surface area contributed by atoms with Gasteiger partial charge >= 0.3 is 5.97 Å². The van der Waals surface area contributed by atoms with E-state index in [0.717, 1.165) is 18.5 Å². The zero-order valence-electron chi connectivity index (χ0n) is 18.8. The SMILES string of the molecule is CCCCCCCCCCCCc1ncccc1C(=O)O.C[N+](C)(C)CC(=O)[O-]. The first kappa shape index (κ1) is 27.0. The number of carbonyl (C=O) groups excluding carboxylic acids is 1. The molecule has 1 aromatic rings. The van der Waals surface area contributed by atoms with Gasteiger partial charge in [-0.3, -0.25) is 4.98 Å². The maximum absolute atomic E-state index is 11.1.